The lowest BCUT2D eigenvalue weighted by Gasteiger charge is -2.46. The molecule has 1 aromatic rings. The van der Waals surface area contributed by atoms with Crippen molar-refractivity contribution in [2.75, 3.05) is 28.4 Å². The van der Waals surface area contributed by atoms with E-state index in [0.717, 1.165) is 22.2 Å². The van der Waals surface area contributed by atoms with Gasteiger partial charge in [0.1, 0.15) is 30.2 Å². The summed E-state index contributed by atoms with van der Waals surface area (Å²) in [7, 11) is 4.22. The minimum atomic E-state index is -2.36. The number of ether oxygens (including phenoxy) is 8. The fourth-order valence-corrected chi connectivity index (χ4v) is 11.3. The lowest BCUT2D eigenvalue weighted by atomic mass is 9.71. The molecule has 5 rings (SSSR count). The summed E-state index contributed by atoms with van der Waals surface area (Å²) >= 11 is 4.02. The van der Waals surface area contributed by atoms with Gasteiger partial charge in [-0.3, -0.25) is 4.79 Å². The normalized spacial score (nSPS) is 36.9. The van der Waals surface area contributed by atoms with Crippen LogP contribution >= 0.6 is 15.9 Å². The van der Waals surface area contributed by atoms with Crippen LogP contribution in [0.5, 0.6) is 5.75 Å². The summed E-state index contributed by atoms with van der Waals surface area (Å²) in [5.41, 5.74) is 0.996. The minimum Gasteiger partial charge on any atom is -0.497 e. The van der Waals surface area contributed by atoms with E-state index >= 15 is 0 Å². The third-order valence-electron chi connectivity index (χ3n) is 13.7. The van der Waals surface area contributed by atoms with Crippen molar-refractivity contribution in [2.45, 2.75) is 154 Å². The van der Waals surface area contributed by atoms with Crippen LogP contribution in [-0.2, 0) is 53.8 Å². The highest BCUT2D eigenvalue weighted by Gasteiger charge is 2.56. The van der Waals surface area contributed by atoms with E-state index in [-0.39, 0.29) is 71.0 Å². The number of fused-ring (bicyclic) bond motifs is 3. The fraction of sp³-hybridized carbons (Fsp3) is 0.702. The van der Waals surface area contributed by atoms with Crippen LogP contribution in [0.25, 0.3) is 0 Å². The first-order chi connectivity index (χ1) is 28.5. The predicted octanol–water partition coefficient (Wildman–Crippen LogP) is 9.13. The van der Waals surface area contributed by atoms with Crippen LogP contribution in [0.2, 0.25) is 18.1 Å². The van der Waals surface area contributed by atoms with Gasteiger partial charge in [-0.1, -0.05) is 80.9 Å². The lowest BCUT2D eigenvalue weighted by molar-refractivity contribution is -0.318. The summed E-state index contributed by atoms with van der Waals surface area (Å²) in [4.78, 5) is 27.6. The van der Waals surface area contributed by atoms with E-state index in [9.17, 15) is 9.59 Å². The third-order valence-corrected chi connectivity index (χ3v) is 19.0. The number of cyclic esters (lactones) is 1. The Balaban J connectivity index is 1.51. The zero-order chi connectivity index (χ0) is 43.9. The molecule has 13 heteroatoms. The average Bonchev–Trinajstić information content (AvgIpc) is 3.55. The van der Waals surface area contributed by atoms with Gasteiger partial charge in [-0.2, -0.15) is 0 Å². The summed E-state index contributed by atoms with van der Waals surface area (Å²) in [6.07, 6.45) is 9.10. The van der Waals surface area contributed by atoms with Crippen LogP contribution in [0.15, 0.2) is 59.1 Å². The first-order valence-electron chi connectivity index (χ1n) is 21.8. The number of hydrogen-bond acceptors (Lipinski definition) is 11. The van der Waals surface area contributed by atoms with Crippen molar-refractivity contribution < 1.29 is 51.9 Å². The Kier molecular flexibility index (Phi) is 17.5. The van der Waals surface area contributed by atoms with Crippen molar-refractivity contribution in [3.8, 4) is 5.75 Å². The van der Waals surface area contributed by atoms with E-state index in [0.29, 0.717) is 32.3 Å². The van der Waals surface area contributed by atoms with Gasteiger partial charge >= 0.3 is 5.97 Å². The molecule has 0 amide bonds. The average molecular weight is 920 g/mol. The third kappa shape index (κ3) is 11.5. The molecule has 2 heterocycles. The fourth-order valence-electron chi connectivity index (χ4n) is 9.05. The van der Waals surface area contributed by atoms with Crippen molar-refractivity contribution >= 4 is 36.0 Å². The van der Waals surface area contributed by atoms with Crippen LogP contribution in [0.1, 0.15) is 79.2 Å². The highest BCUT2D eigenvalue weighted by molar-refractivity contribution is 9.11. The lowest BCUT2D eigenvalue weighted by Crippen LogP contribution is -2.60. The molecule has 1 saturated carbocycles. The van der Waals surface area contributed by atoms with Gasteiger partial charge in [-0.25, -0.2) is 4.79 Å². The smallest absolute Gasteiger partial charge is 0.330 e. The van der Waals surface area contributed by atoms with Gasteiger partial charge in [-0.15, -0.1) is 0 Å². The predicted molar refractivity (Wildman–Crippen MR) is 237 cm³/mol. The molecule has 14 atom stereocenters. The van der Waals surface area contributed by atoms with Crippen LogP contribution in [-0.4, -0.2) is 104 Å². The monoisotopic (exact) mass is 918 g/mol. The molecule has 1 aromatic carbocycles. The number of carbonyl (C=O) groups is 2. The number of rotatable bonds is 12. The van der Waals surface area contributed by atoms with Gasteiger partial charge in [-0.05, 0) is 97.3 Å². The van der Waals surface area contributed by atoms with E-state index in [1.807, 2.05) is 51.1 Å². The van der Waals surface area contributed by atoms with Crippen LogP contribution < -0.4 is 4.74 Å². The highest BCUT2D eigenvalue weighted by atomic mass is 79.9. The molecule has 2 aliphatic carbocycles. The van der Waals surface area contributed by atoms with Gasteiger partial charge in [0.2, 0.25) is 0 Å². The number of ketones is 1. The number of benzene rings is 1. The van der Waals surface area contributed by atoms with Crippen molar-refractivity contribution in [3.63, 3.8) is 0 Å². The first kappa shape index (κ1) is 48.8. The molecule has 1 saturated heterocycles. The molecule has 0 bridgehead atoms. The SMILES string of the molecule is CC[C@H]1CCC[C@H](OCc2ccc(OC)cc2)[C@@H](C)C(=O)/C=C/[C@H]2[C@@H]3C[C@H](O[C@@H]4O[C@@H](C)[C@H](OC)[C@@H](OC)[C@H]4OC)[C@H](O[Si](C)(C)C(C)(C)C)[C@H]3C(Br)=C[C@H]2/C=C/C(=O)O1. The Morgan fingerprint density at radius 3 is 2.17 bits per heavy atom. The second-order valence-electron chi connectivity index (χ2n) is 18.5. The van der Waals surface area contributed by atoms with Gasteiger partial charge in [0.05, 0.1) is 38.1 Å². The molecule has 0 aromatic heterocycles. The summed E-state index contributed by atoms with van der Waals surface area (Å²) in [5, 5.41) is -0.0717. The topological polar surface area (TPSA) is 117 Å². The number of allylic oxidation sites excluding steroid dienone is 4. The number of carbonyl (C=O) groups excluding carboxylic acids is 2. The van der Waals surface area contributed by atoms with Gasteiger partial charge < -0.3 is 42.3 Å². The van der Waals surface area contributed by atoms with Crippen molar-refractivity contribution in [1.29, 1.82) is 0 Å². The molecular formula is C47H71BrO11Si. The largest absolute Gasteiger partial charge is 0.497 e. The van der Waals surface area contributed by atoms with E-state index < -0.39 is 38.8 Å². The zero-order valence-electron chi connectivity index (χ0n) is 37.9. The Morgan fingerprint density at radius 1 is 0.867 bits per heavy atom. The molecule has 11 nitrogen and oxygen atoms in total. The summed E-state index contributed by atoms with van der Waals surface area (Å²) in [6.45, 7) is 17.5. The molecule has 60 heavy (non-hydrogen) atoms. The van der Waals surface area contributed by atoms with Crippen LogP contribution in [0.3, 0.4) is 0 Å². The van der Waals surface area contributed by atoms with E-state index in [1.54, 1.807) is 40.6 Å². The molecule has 4 aliphatic rings. The second-order valence-corrected chi connectivity index (χ2v) is 24.1. The van der Waals surface area contributed by atoms with E-state index in [1.165, 1.54) is 0 Å². The number of methoxy groups -OCH3 is 4. The molecule has 2 fully saturated rings. The van der Waals surface area contributed by atoms with Gasteiger partial charge in [0.15, 0.2) is 20.4 Å². The van der Waals surface area contributed by atoms with Crippen LogP contribution in [0, 0.1) is 29.6 Å². The second kappa shape index (κ2) is 21.4. The molecule has 0 radical (unpaired) electrons. The van der Waals surface area contributed by atoms with E-state index in [4.69, 9.17) is 42.3 Å². The summed E-state index contributed by atoms with van der Waals surface area (Å²) < 4.78 is 57.5. The molecule has 2 aliphatic heterocycles. The summed E-state index contributed by atoms with van der Waals surface area (Å²) in [5.74, 6) is -0.508. The molecule has 0 unspecified atom stereocenters. The minimum absolute atomic E-state index is 0.00238. The van der Waals surface area contributed by atoms with Crippen LogP contribution in [0.4, 0.5) is 0 Å². The molecule has 336 valence electrons. The number of halogens is 1. The molecular weight excluding hydrogens is 848 g/mol. The van der Waals surface area contributed by atoms with Crippen molar-refractivity contribution in [2.24, 2.45) is 29.6 Å². The first-order valence-corrected chi connectivity index (χ1v) is 25.5. The number of esters is 1. The quantitative estimate of drug-likeness (QED) is 0.148. The maximum absolute atomic E-state index is 14.3. The maximum Gasteiger partial charge on any atom is 0.330 e. The Hall–Kier alpha value is -2.20. The van der Waals surface area contributed by atoms with Crippen molar-refractivity contribution in [3.05, 3.63) is 64.7 Å². The Morgan fingerprint density at radius 2 is 1.55 bits per heavy atom. The maximum atomic E-state index is 14.3. The molecule has 0 N–H and O–H groups in total. The standard InChI is InChI=1S/C47H71BrO11Si/c1-13-32-15-14-16-38(55-27-30-17-20-33(51-7)21-18-30)28(2)37(49)23-22-34-31(19-24-40(50)57-32)25-36(48)41-35(34)26-39(43(41)59-60(11,12)47(4,5)6)58-46-45(54-10)44(53-9)42(52-8)29(3)56-46/h17-25,28-29,31-32,34-35,38-39,41-46H,13-16,26-27H2,1-12H3/b23-22+,24-19+/t28-,29-,31+,32-,34+,35-,38-,39-,41+,42-,43-,44+,45+,46-/m0/s1. The molecule has 0 spiro atoms. The van der Waals surface area contributed by atoms with Crippen molar-refractivity contribution in [1.82, 2.24) is 0 Å². The Bertz CT molecular complexity index is 1660. The van der Waals surface area contributed by atoms with Gasteiger partial charge in [0.25, 0.3) is 0 Å². The highest BCUT2D eigenvalue weighted by Crippen LogP contribution is 2.54. The summed E-state index contributed by atoms with van der Waals surface area (Å²) in [6, 6.07) is 7.78. The number of hydrogen-bond donors (Lipinski definition) is 0. The Labute approximate surface area is 368 Å². The van der Waals surface area contributed by atoms with E-state index in [2.05, 4.69) is 61.9 Å². The van der Waals surface area contributed by atoms with Gasteiger partial charge in [0, 0.05) is 45.2 Å². The zero-order valence-corrected chi connectivity index (χ0v) is 40.5.